The molecule has 2 nitrogen and oxygen atoms in total. The lowest BCUT2D eigenvalue weighted by Gasteiger charge is -2.07. The summed E-state index contributed by atoms with van der Waals surface area (Å²) in [5.41, 5.74) is 10.0. The molecule has 2 aromatic rings. The van der Waals surface area contributed by atoms with E-state index < -0.39 is 0 Å². The molecule has 0 heterocycles. The van der Waals surface area contributed by atoms with Gasteiger partial charge in [-0.3, -0.25) is 4.79 Å². The molecule has 0 bridgehead atoms. The monoisotopic (exact) mass is 253 g/mol. The number of anilines is 1. The normalized spacial score (nSPS) is 10.4. The quantitative estimate of drug-likeness (QED) is 0.666. The topological polar surface area (TPSA) is 43.1 Å². The molecule has 0 amide bonds. The maximum Gasteiger partial charge on any atom is 0.193 e. The second kappa shape index (κ2) is 5.70. The van der Waals surface area contributed by atoms with Crippen LogP contribution >= 0.6 is 0 Å². The first-order valence-corrected chi connectivity index (χ1v) is 6.61. The highest BCUT2D eigenvalue weighted by atomic mass is 16.1. The molecule has 19 heavy (non-hydrogen) atoms. The number of benzene rings is 2. The summed E-state index contributed by atoms with van der Waals surface area (Å²) >= 11 is 0. The van der Waals surface area contributed by atoms with Crippen molar-refractivity contribution >= 4 is 11.5 Å². The van der Waals surface area contributed by atoms with Gasteiger partial charge in [-0.15, -0.1) is 0 Å². The Morgan fingerprint density at radius 1 is 1.11 bits per heavy atom. The molecule has 0 saturated carbocycles. The lowest BCUT2D eigenvalue weighted by Crippen LogP contribution is -2.04. The van der Waals surface area contributed by atoms with E-state index in [9.17, 15) is 4.79 Å². The maximum atomic E-state index is 12.4. The lowest BCUT2D eigenvalue weighted by atomic mass is 9.97. The Kier molecular flexibility index (Phi) is 4.00. The van der Waals surface area contributed by atoms with Gasteiger partial charge in [0.25, 0.3) is 0 Å². The summed E-state index contributed by atoms with van der Waals surface area (Å²) in [4.78, 5) is 12.4. The van der Waals surface area contributed by atoms with Gasteiger partial charge in [-0.1, -0.05) is 37.6 Å². The summed E-state index contributed by atoms with van der Waals surface area (Å²) in [7, 11) is 0. The SMILES string of the molecule is CCCc1ccc(C(=O)c2ccc(N)cc2C)cc1. The van der Waals surface area contributed by atoms with Crippen LogP contribution in [0.25, 0.3) is 0 Å². The van der Waals surface area contributed by atoms with Crippen molar-refractivity contribution in [3.05, 3.63) is 64.7 Å². The van der Waals surface area contributed by atoms with Crippen molar-refractivity contribution < 1.29 is 4.79 Å². The lowest BCUT2D eigenvalue weighted by molar-refractivity contribution is 0.103. The minimum atomic E-state index is 0.0561. The molecular formula is C17H19NO. The molecule has 0 fully saturated rings. The Balaban J connectivity index is 2.28. The summed E-state index contributed by atoms with van der Waals surface area (Å²) in [5, 5.41) is 0. The zero-order chi connectivity index (χ0) is 13.8. The van der Waals surface area contributed by atoms with E-state index in [1.54, 1.807) is 12.1 Å². The van der Waals surface area contributed by atoms with E-state index in [0.29, 0.717) is 5.69 Å². The molecule has 0 atom stereocenters. The maximum absolute atomic E-state index is 12.4. The van der Waals surface area contributed by atoms with Gasteiger partial charge in [0.2, 0.25) is 0 Å². The first kappa shape index (κ1) is 13.3. The van der Waals surface area contributed by atoms with E-state index in [0.717, 1.165) is 29.5 Å². The zero-order valence-electron chi connectivity index (χ0n) is 11.4. The van der Waals surface area contributed by atoms with Crippen LogP contribution in [-0.4, -0.2) is 5.78 Å². The fourth-order valence-electron chi connectivity index (χ4n) is 2.21. The average Bonchev–Trinajstić information content (AvgIpc) is 2.39. The molecule has 0 radical (unpaired) electrons. The average molecular weight is 253 g/mol. The number of nitrogens with two attached hydrogens (primary N) is 1. The van der Waals surface area contributed by atoms with Crippen molar-refractivity contribution in [1.29, 1.82) is 0 Å². The molecule has 2 N–H and O–H groups in total. The van der Waals surface area contributed by atoms with E-state index in [1.165, 1.54) is 5.56 Å². The van der Waals surface area contributed by atoms with Gasteiger partial charge in [-0.05, 0) is 42.7 Å². The smallest absolute Gasteiger partial charge is 0.193 e. The highest BCUT2D eigenvalue weighted by Gasteiger charge is 2.11. The van der Waals surface area contributed by atoms with Crippen LogP contribution in [0.3, 0.4) is 0 Å². The van der Waals surface area contributed by atoms with E-state index in [2.05, 4.69) is 6.92 Å². The van der Waals surface area contributed by atoms with Gasteiger partial charge in [0.05, 0.1) is 0 Å². The minimum absolute atomic E-state index is 0.0561. The fourth-order valence-corrected chi connectivity index (χ4v) is 2.21. The molecule has 0 aliphatic carbocycles. The van der Waals surface area contributed by atoms with E-state index in [1.807, 2.05) is 37.3 Å². The molecule has 2 heteroatoms. The molecule has 0 spiro atoms. The number of rotatable bonds is 4. The number of aryl methyl sites for hydroxylation is 2. The van der Waals surface area contributed by atoms with Crippen molar-refractivity contribution in [2.45, 2.75) is 26.7 Å². The zero-order valence-corrected chi connectivity index (χ0v) is 11.4. The summed E-state index contributed by atoms with van der Waals surface area (Å²) in [6.07, 6.45) is 2.17. The van der Waals surface area contributed by atoms with Gasteiger partial charge in [0.15, 0.2) is 5.78 Å². The van der Waals surface area contributed by atoms with Crippen LogP contribution in [0.1, 0.15) is 40.4 Å². The number of hydrogen-bond donors (Lipinski definition) is 1. The Hall–Kier alpha value is -2.09. The third-order valence-corrected chi connectivity index (χ3v) is 3.25. The Labute approximate surface area is 114 Å². The van der Waals surface area contributed by atoms with Gasteiger partial charge < -0.3 is 5.73 Å². The summed E-state index contributed by atoms with van der Waals surface area (Å²) in [5.74, 6) is 0.0561. The molecule has 2 aromatic carbocycles. The number of carbonyl (C=O) groups excluding carboxylic acids is 1. The number of ketones is 1. The molecule has 2 rings (SSSR count). The van der Waals surface area contributed by atoms with Gasteiger partial charge in [-0.2, -0.15) is 0 Å². The predicted molar refractivity (Wildman–Crippen MR) is 79.5 cm³/mol. The molecular weight excluding hydrogens is 234 g/mol. The van der Waals surface area contributed by atoms with Crippen molar-refractivity contribution in [3.8, 4) is 0 Å². The second-order valence-corrected chi connectivity index (χ2v) is 4.85. The van der Waals surface area contributed by atoms with Crippen molar-refractivity contribution in [3.63, 3.8) is 0 Å². The van der Waals surface area contributed by atoms with Crippen LogP contribution in [0.15, 0.2) is 42.5 Å². The second-order valence-electron chi connectivity index (χ2n) is 4.85. The summed E-state index contributed by atoms with van der Waals surface area (Å²) in [6.45, 7) is 4.06. The molecule has 0 aromatic heterocycles. The van der Waals surface area contributed by atoms with Crippen LogP contribution in [-0.2, 0) is 6.42 Å². The van der Waals surface area contributed by atoms with E-state index >= 15 is 0 Å². The van der Waals surface area contributed by atoms with E-state index in [4.69, 9.17) is 5.73 Å². The molecule has 0 aliphatic rings. The minimum Gasteiger partial charge on any atom is -0.399 e. The Bertz CT molecular complexity index is 585. The molecule has 0 unspecified atom stereocenters. The van der Waals surface area contributed by atoms with Crippen LogP contribution in [0, 0.1) is 6.92 Å². The number of nitrogen functional groups attached to an aromatic ring is 1. The van der Waals surface area contributed by atoms with Crippen LogP contribution < -0.4 is 5.73 Å². The van der Waals surface area contributed by atoms with Crippen molar-refractivity contribution in [1.82, 2.24) is 0 Å². The third kappa shape index (κ3) is 3.02. The Morgan fingerprint density at radius 2 is 1.79 bits per heavy atom. The van der Waals surface area contributed by atoms with Gasteiger partial charge in [-0.25, -0.2) is 0 Å². The summed E-state index contributed by atoms with van der Waals surface area (Å²) in [6, 6.07) is 13.3. The van der Waals surface area contributed by atoms with Gasteiger partial charge in [0.1, 0.15) is 0 Å². The first-order chi connectivity index (χ1) is 9.11. The highest BCUT2D eigenvalue weighted by Crippen LogP contribution is 2.17. The van der Waals surface area contributed by atoms with E-state index in [-0.39, 0.29) is 5.78 Å². The standard InChI is InChI=1S/C17H19NO/c1-3-4-13-5-7-14(8-6-13)17(19)16-10-9-15(18)11-12(16)2/h5-11H,3-4,18H2,1-2H3. The molecule has 98 valence electrons. The highest BCUT2D eigenvalue weighted by molar-refractivity contribution is 6.10. The van der Waals surface area contributed by atoms with Crippen LogP contribution in [0.4, 0.5) is 5.69 Å². The Morgan fingerprint density at radius 3 is 2.37 bits per heavy atom. The summed E-state index contributed by atoms with van der Waals surface area (Å²) < 4.78 is 0. The molecule has 0 saturated heterocycles. The van der Waals surface area contributed by atoms with Crippen molar-refractivity contribution in [2.24, 2.45) is 0 Å². The van der Waals surface area contributed by atoms with Crippen LogP contribution in [0.2, 0.25) is 0 Å². The first-order valence-electron chi connectivity index (χ1n) is 6.61. The van der Waals surface area contributed by atoms with Crippen molar-refractivity contribution in [2.75, 3.05) is 5.73 Å². The van der Waals surface area contributed by atoms with Gasteiger partial charge >= 0.3 is 0 Å². The number of hydrogen-bond acceptors (Lipinski definition) is 2. The predicted octanol–water partition coefficient (Wildman–Crippen LogP) is 3.76. The fraction of sp³-hybridized carbons (Fsp3) is 0.235. The van der Waals surface area contributed by atoms with Crippen LogP contribution in [0.5, 0.6) is 0 Å². The van der Waals surface area contributed by atoms with Gasteiger partial charge in [0, 0.05) is 16.8 Å². The largest absolute Gasteiger partial charge is 0.399 e. The molecule has 0 aliphatic heterocycles. The third-order valence-electron chi connectivity index (χ3n) is 3.25. The number of carbonyl (C=O) groups is 1.